The summed E-state index contributed by atoms with van der Waals surface area (Å²) in [6, 6.07) is 20.6. The Balaban J connectivity index is 1.71. The third-order valence-electron chi connectivity index (χ3n) is 5.28. The van der Waals surface area contributed by atoms with Crippen molar-refractivity contribution >= 4 is 35.0 Å². The molecule has 8 heteroatoms. The zero-order valence-corrected chi connectivity index (χ0v) is 20.3. The SMILES string of the molecule is CCOC(=O)c1ccc(NC(=O)Nc2ccc(N(C)C)c(C(=O)NC(C)c3ccccc3)c2)cc1. The Labute approximate surface area is 205 Å². The Morgan fingerprint density at radius 1 is 0.886 bits per heavy atom. The van der Waals surface area contributed by atoms with Crippen LogP contribution in [0.4, 0.5) is 21.9 Å². The third-order valence-corrected chi connectivity index (χ3v) is 5.28. The molecule has 182 valence electrons. The second-order valence-corrected chi connectivity index (χ2v) is 8.11. The van der Waals surface area contributed by atoms with Gasteiger partial charge in [0.1, 0.15) is 0 Å². The van der Waals surface area contributed by atoms with E-state index in [1.54, 1.807) is 49.4 Å². The molecule has 0 saturated carbocycles. The molecule has 35 heavy (non-hydrogen) atoms. The highest BCUT2D eigenvalue weighted by Gasteiger charge is 2.17. The van der Waals surface area contributed by atoms with Gasteiger partial charge in [-0.2, -0.15) is 0 Å². The van der Waals surface area contributed by atoms with E-state index in [2.05, 4.69) is 16.0 Å². The van der Waals surface area contributed by atoms with E-state index in [1.807, 2.05) is 56.3 Å². The van der Waals surface area contributed by atoms with Gasteiger partial charge in [0.2, 0.25) is 0 Å². The fourth-order valence-corrected chi connectivity index (χ4v) is 3.48. The summed E-state index contributed by atoms with van der Waals surface area (Å²) in [6.07, 6.45) is 0. The molecule has 0 aromatic heterocycles. The summed E-state index contributed by atoms with van der Waals surface area (Å²) < 4.78 is 4.96. The number of nitrogens with one attached hydrogen (secondary N) is 3. The Morgan fingerprint density at radius 3 is 2.14 bits per heavy atom. The molecular weight excluding hydrogens is 444 g/mol. The van der Waals surface area contributed by atoms with E-state index in [-0.39, 0.29) is 11.9 Å². The molecule has 0 aliphatic carbocycles. The van der Waals surface area contributed by atoms with Crippen molar-refractivity contribution in [2.24, 2.45) is 0 Å². The number of carbonyl (C=O) groups is 3. The number of rotatable bonds is 8. The predicted octanol–water partition coefficient (Wildman–Crippen LogP) is 5.06. The first-order chi connectivity index (χ1) is 16.8. The van der Waals surface area contributed by atoms with Gasteiger partial charge < -0.3 is 25.6 Å². The van der Waals surface area contributed by atoms with Crippen LogP contribution in [0.2, 0.25) is 0 Å². The van der Waals surface area contributed by atoms with Gasteiger partial charge in [-0.1, -0.05) is 30.3 Å². The van der Waals surface area contributed by atoms with Crippen LogP contribution in [0.15, 0.2) is 72.8 Å². The molecule has 0 heterocycles. The minimum absolute atomic E-state index is 0.184. The number of anilines is 3. The minimum atomic E-state index is -0.476. The zero-order chi connectivity index (χ0) is 25.4. The van der Waals surface area contributed by atoms with Crippen molar-refractivity contribution in [1.29, 1.82) is 0 Å². The van der Waals surface area contributed by atoms with Gasteiger partial charge in [0.05, 0.1) is 23.8 Å². The monoisotopic (exact) mass is 474 g/mol. The van der Waals surface area contributed by atoms with Crippen LogP contribution in [-0.2, 0) is 4.74 Å². The maximum Gasteiger partial charge on any atom is 0.338 e. The van der Waals surface area contributed by atoms with Gasteiger partial charge in [-0.15, -0.1) is 0 Å². The molecule has 1 atom stereocenters. The van der Waals surface area contributed by atoms with Crippen LogP contribution in [0, 0.1) is 0 Å². The summed E-state index contributed by atoms with van der Waals surface area (Å²) in [5.41, 5.74) is 3.54. The zero-order valence-electron chi connectivity index (χ0n) is 20.3. The molecule has 0 fully saturated rings. The number of hydrogen-bond donors (Lipinski definition) is 3. The maximum absolute atomic E-state index is 13.1. The topological polar surface area (TPSA) is 99.8 Å². The first-order valence-corrected chi connectivity index (χ1v) is 11.3. The lowest BCUT2D eigenvalue weighted by molar-refractivity contribution is 0.0526. The van der Waals surface area contributed by atoms with E-state index in [1.165, 1.54) is 0 Å². The number of amides is 3. The summed E-state index contributed by atoms with van der Waals surface area (Å²) >= 11 is 0. The van der Waals surface area contributed by atoms with Crippen LogP contribution in [0.5, 0.6) is 0 Å². The molecule has 3 aromatic carbocycles. The van der Waals surface area contributed by atoms with Crippen LogP contribution in [0.1, 0.15) is 46.2 Å². The van der Waals surface area contributed by atoms with Gasteiger partial charge >= 0.3 is 12.0 Å². The Hall–Kier alpha value is -4.33. The lowest BCUT2D eigenvalue weighted by Crippen LogP contribution is -2.28. The van der Waals surface area contributed by atoms with Crippen LogP contribution in [0.3, 0.4) is 0 Å². The van der Waals surface area contributed by atoms with Crippen LogP contribution in [0.25, 0.3) is 0 Å². The van der Waals surface area contributed by atoms with Gasteiger partial charge in [-0.25, -0.2) is 9.59 Å². The molecule has 0 spiro atoms. The molecule has 3 amide bonds. The summed E-state index contributed by atoms with van der Waals surface area (Å²) in [5, 5.41) is 8.49. The van der Waals surface area contributed by atoms with Crippen molar-refractivity contribution in [3.63, 3.8) is 0 Å². The molecule has 0 bridgehead atoms. The van der Waals surface area contributed by atoms with E-state index in [4.69, 9.17) is 4.74 Å². The van der Waals surface area contributed by atoms with Gasteiger partial charge in [0.25, 0.3) is 5.91 Å². The van der Waals surface area contributed by atoms with Crippen molar-refractivity contribution in [3.05, 3.63) is 89.5 Å². The van der Waals surface area contributed by atoms with Gasteiger partial charge in [0.15, 0.2) is 0 Å². The van der Waals surface area contributed by atoms with Gasteiger partial charge in [-0.05, 0) is 61.9 Å². The quantitative estimate of drug-likeness (QED) is 0.396. The molecule has 3 aromatic rings. The molecule has 0 radical (unpaired) electrons. The first kappa shape index (κ1) is 25.3. The molecule has 1 unspecified atom stereocenters. The number of carbonyl (C=O) groups excluding carboxylic acids is 3. The van der Waals surface area contributed by atoms with E-state index in [9.17, 15) is 14.4 Å². The molecule has 8 nitrogen and oxygen atoms in total. The molecule has 3 rings (SSSR count). The third kappa shape index (κ3) is 6.83. The lowest BCUT2D eigenvalue weighted by atomic mass is 10.1. The highest BCUT2D eigenvalue weighted by Crippen LogP contribution is 2.24. The van der Waals surface area contributed by atoms with Crippen molar-refractivity contribution < 1.29 is 19.1 Å². The smallest absolute Gasteiger partial charge is 0.338 e. The van der Waals surface area contributed by atoms with E-state index in [0.29, 0.717) is 29.1 Å². The second-order valence-electron chi connectivity index (χ2n) is 8.11. The van der Waals surface area contributed by atoms with Crippen molar-refractivity contribution in [3.8, 4) is 0 Å². The van der Waals surface area contributed by atoms with E-state index in [0.717, 1.165) is 11.3 Å². The van der Waals surface area contributed by atoms with Crippen LogP contribution >= 0.6 is 0 Å². The highest BCUT2D eigenvalue weighted by molar-refractivity contribution is 6.04. The fourth-order valence-electron chi connectivity index (χ4n) is 3.48. The number of ether oxygens (including phenoxy) is 1. The average Bonchev–Trinajstić information content (AvgIpc) is 2.84. The maximum atomic E-state index is 13.1. The van der Waals surface area contributed by atoms with Gasteiger partial charge in [-0.3, -0.25) is 4.79 Å². The van der Waals surface area contributed by atoms with Crippen molar-refractivity contribution in [2.75, 3.05) is 36.2 Å². The molecule has 0 saturated heterocycles. The summed E-state index contributed by atoms with van der Waals surface area (Å²) in [5.74, 6) is -0.666. The standard InChI is InChI=1S/C27H30N4O4/c1-5-35-26(33)20-11-13-21(14-12-20)29-27(34)30-22-15-16-24(31(3)4)23(17-22)25(32)28-18(2)19-9-7-6-8-10-19/h6-18H,5H2,1-4H3,(H,28,32)(H2,29,30,34). The summed E-state index contributed by atoms with van der Waals surface area (Å²) in [7, 11) is 3.71. The van der Waals surface area contributed by atoms with Crippen LogP contribution < -0.4 is 20.9 Å². The number of nitrogens with zero attached hydrogens (tertiary/aromatic N) is 1. The average molecular weight is 475 g/mol. The number of hydrogen-bond acceptors (Lipinski definition) is 5. The Morgan fingerprint density at radius 2 is 1.51 bits per heavy atom. The highest BCUT2D eigenvalue weighted by atomic mass is 16.5. The number of esters is 1. The summed E-state index contributed by atoms with van der Waals surface area (Å²) in [6.45, 7) is 3.95. The van der Waals surface area contributed by atoms with Crippen molar-refractivity contribution in [2.45, 2.75) is 19.9 Å². The first-order valence-electron chi connectivity index (χ1n) is 11.3. The predicted molar refractivity (Wildman–Crippen MR) is 138 cm³/mol. The molecule has 0 aliphatic heterocycles. The van der Waals surface area contributed by atoms with E-state index >= 15 is 0 Å². The largest absolute Gasteiger partial charge is 0.462 e. The molecule has 0 aliphatic rings. The molecule has 3 N–H and O–H groups in total. The Kier molecular flexibility index (Phi) is 8.45. The number of urea groups is 1. The minimum Gasteiger partial charge on any atom is -0.462 e. The summed E-state index contributed by atoms with van der Waals surface area (Å²) in [4.78, 5) is 39.3. The Bertz CT molecular complexity index is 1180. The fraction of sp³-hybridized carbons (Fsp3) is 0.222. The normalized spacial score (nSPS) is 11.2. The van der Waals surface area contributed by atoms with Crippen molar-refractivity contribution in [1.82, 2.24) is 5.32 Å². The second kappa shape index (κ2) is 11.7. The number of benzene rings is 3. The van der Waals surface area contributed by atoms with E-state index < -0.39 is 12.0 Å². The van der Waals surface area contributed by atoms with Crippen LogP contribution in [-0.4, -0.2) is 38.6 Å². The molecular formula is C27H30N4O4. The van der Waals surface area contributed by atoms with Gasteiger partial charge in [0, 0.05) is 31.2 Å². The lowest BCUT2D eigenvalue weighted by Gasteiger charge is -2.20.